The fourth-order valence-electron chi connectivity index (χ4n) is 2.45. The number of amides is 1. The van der Waals surface area contributed by atoms with Crippen molar-refractivity contribution in [1.82, 2.24) is 9.80 Å². The number of carbonyl (C=O) groups excluding carboxylic acids is 1. The molecule has 0 aromatic rings. The van der Waals surface area contributed by atoms with Crippen molar-refractivity contribution in [2.24, 2.45) is 5.41 Å². The molecule has 1 saturated carbocycles. The minimum Gasteiger partial charge on any atom is -0.337 e. The summed E-state index contributed by atoms with van der Waals surface area (Å²) in [5.74, 6) is 0.0674. The van der Waals surface area contributed by atoms with Gasteiger partial charge in [0.15, 0.2) is 0 Å². The van der Waals surface area contributed by atoms with Crippen molar-refractivity contribution in [1.29, 1.82) is 5.26 Å². The van der Waals surface area contributed by atoms with Gasteiger partial charge >= 0.3 is 0 Å². The Labute approximate surface area is 96.8 Å². The molecule has 4 nitrogen and oxygen atoms in total. The molecule has 1 aliphatic heterocycles. The molecule has 1 aliphatic carbocycles. The Morgan fingerprint density at radius 2 is 2.12 bits per heavy atom. The Morgan fingerprint density at radius 3 is 2.69 bits per heavy atom. The number of nitriles is 1. The standard InChI is InChI=1S/C12H19N3O/c1-10-8-14(2)6-3-7-15(10)11(16)12(9-13)4-5-12/h10H,3-8H2,1-2H3. The van der Waals surface area contributed by atoms with Crippen molar-refractivity contribution in [2.75, 3.05) is 26.7 Å². The molecule has 0 radical (unpaired) electrons. The summed E-state index contributed by atoms with van der Waals surface area (Å²) in [4.78, 5) is 16.4. The quantitative estimate of drug-likeness (QED) is 0.659. The third kappa shape index (κ3) is 1.92. The number of hydrogen-bond donors (Lipinski definition) is 0. The average Bonchev–Trinajstić information content (AvgIpc) is 3.03. The Kier molecular flexibility index (Phi) is 2.90. The van der Waals surface area contributed by atoms with Gasteiger partial charge in [-0.05, 0) is 39.8 Å². The number of carbonyl (C=O) groups is 1. The molecule has 0 aromatic carbocycles. The third-order valence-corrected chi connectivity index (χ3v) is 3.68. The summed E-state index contributed by atoms with van der Waals surface area (Å²) < 4.78 is 0. The van der Waals surface area contributed by atoms with Crippen LogP contribution in [0.3, 0.4) is 0 Å². The summed E-state index contributed by atoms with van der Waals surface area (Å²) in [5.41, 5.74) is -0.656. The molecule has 1 amide bonds. The van der Waals surface area contributed by atoms with Crippen LogP contribution in [0.2, 0.25) is 0 Å². The van der Waals surface area contributed by atoms with E-state index in [-0.39, 0.29) is 11.9 Å². The zero-order valence-corrected chi connectivity index (χ0v) is 10.1. The van der Waals surface area contributed by atoms with E-state index in [2.05, 4.69) is 24.9 Å². The molecule has 16 heavy (non-hydrogen) atoms. The average molecular weight is 221 g/mol. The number of likely N-dealkylation sites (N-methyl/N-ethyl adjacent to an activating group) is 1. The maximum atomic E-state index is 12.3. The van der Waals surface area contributed by atoms with Crippen LogP contribution in [0, 0.1) is 16.7 Å². The third-order valence-electron chi connectivity index (χ3n) is 3.68. The first-order chi connectivity index (χ1) is 7.59. The van der Waals surface area contributed by atoms with E-state index in [9.17, 15) is 4.79 Å². The summed E-state index contributed by atoms with van der Waals surface area (Å²) in [6.45, 7) is 4.82. The van der Waals surface area contributed by atoms with Gasteiger partial charge in [-0.15, -0.1) is 0 Å². The van der Waals surface area contributed by atoms with Gasteiger partial charge in [0.05, 0.1) is 6.07 Å². The normalized spacial score (nSPS) is 29.3. The number of nitrogens with zero attached hydrogens (tertiary/aromatic N) is 3. The monoisotopic (exact) mass is 221 g/mol. The van der Waals surface area contributed by atoms with Gasteiger partial charge in [0, 0.05) is 19.1 Å². The predicted octanol–water partition coefficient (Wildman–Crippen LogP) is 0.843. The van der Waals surface area contributed by atoms with E-state index in [1.807, 2.05) is 4.90 Å². The van der Waals surface area contributed by atoms with Crippen LogP contribution in [-0.4, -0.2) is 48.4 Å². The Bertz CT molecular complexity index is 330. The van der Waals surface area contributed by atoms with E-state index in [0.29, 0.717) is 0 Å². The highest BCUT2D eigenvalue weighted by atomic mass is 16.2. The summed E-state index contributed by atoms with van der Waals surface area (Å²) in [6, 6.07) is 2.42. The van der Waals surface area contributed by atoms with Crippen molar-refractivity contribution >= 4 is 5.91 Å². The summed E-state index contributed by atoms with van der Waals surface area (Å²) in [7, 11) is 2.08. The maximum absolute atomic E-state index is 12.3. The van der Waals surface area contributed by atoms with Crippen molar-refractivity contribution in [3.8, 4) is 6.07 Å². The topological polar surface area (TPSA) is 47.3 Å². The van der Waals surface area contributed by atoms with Crippen LogP contribution in [0.25, 0.3) is 0 Å². The number of rotatable bonds is 1. The van der Waals surface area contributed by atoms with Crippen LogP contribution < -0.4 is 0 Å². The van der Waals surface area contributed by atoms with E-state index in [4.69, 9.17) is 5.26 Å². The van der Waals surface area contributed by atoms with Gasteiger partial charge in [-0.25, -0.2) is 0 Å². The molecule has 1 saturated heterocycles. The van der Waals surface area contributed by atoms with Crippen molar-refractivity contribution < 1.29 is 4.79 Å². The first-order valence-electron chi connectivity index (χ1n) is 6.00. The van der Waals surface area contributed by atoms with Gasteiger partial charge in [0.2, 0.25) is 5.91 Å². The van der Waals surface area contributed by atoms with E-state index in [1.54, 1.807) is 0 Å². The van der Waals surface area contributed by atoms with Gasteiger partial charge in [-0.1, -0.05) is 0 Å². The van der Waals surface area contributed by atoms with Crippen LogP contribution in [0.4, 0.5) is 0 Å². The highest BCUT2D eigenvalue weighted by Gasteiger charge is 2.53. The zero-order valence-electron chi connectivity index (χ0n) is 10.1. The molecule has 0 spiro atoms. The lowest BCUT2D eigenvalue weighted by atomic mass is 10.1. The molecule has 2 aliphatic rings. The van der Waals surface area contributed by atoms with Crippen LogP contribution in [0.15, 0.2) is 0 Å². The van der Waals surface area contributed by atoms with Crippen molar-refractivity contribution in [3.05, 3.63) is 0 Å². The van der Waals surface area contributed by atoms with Gasteiger partial charge in [0.1, 0.15) is 5.41 Å². The lowest BCUT2D eigenvalue weighted by Crippen LogP contribution is -2.45. The molecule has 1 heterocycles. The molecule has 0 bridgehead atoms. The van der Waals surface area contributed by atoms with E-state index < -0.39 is 5.41 Å². The largest absolute Gasteiger partial charge is 0.337 e. The minimum atomic E-state index is -0.656. The Balaban J connectivity index is 2.08. The summed E-state index contributed by atoms with van der Waals surface area (Å²) >= 11 is 0. The smallest absolute Gasteiger partial charge is 0.243 e. The second-order valence-electron chi connectivity index (χ2n) is 5.16. The fraction of sp³-hybridized carbons (Fsp3) is 0.833. The van der Waals surface area contributed by atoms with Crippen molar-refractivity contribution in [3.63, 3.8) is 0 Å². The van der Waals surface area contributed by atoms with Crippen LogP contribution in [0.1, 0.15) is 26.2 Å². The van der Waals surface area contributed by atoms with Gasteiger partial charge in [0.25, 0.3) is 0 Å². The molecular weight excluding hydrogens is 202 g/mol. The highest BCUT2D eigenvalue weighted by Crippen LogP contribution is 2.46. The second-order valence-corrected chi connectivity index (χ2v) is 5.16. The molecule has 2 rings (SSSR count). The van der Waals surface area contributed by atoms with Crippen LogP contribution >= 0.6 is 0 Å². The first kappa shape index (κ1) is 11.4. The fourth-order valence-corrected chi connectivity index (χ4v) is 2.45. The van der Waals surface area contributed by atoms with Gasteiger partial charge in [-0.3, -0.25) is 4.79 Å². The highest BCUT2D eigenvalue weighted by molar-refractivity contribution is 5.88. The number of hydrogen-bond acceptors (Lipinski definition) is 3. The molecule has 1 unspecified atom stereocenters. The first-order valence-corrected chi connectivity index (χ1v) is 6.00. The van der Waals surface area contributed by atoms with Gasteiger partial charge in [-0.2, -0.15) is 5.26 Å². The van der Waals surface area contributed by atoms with Crippen LogP contribution in [-0.2, 0) is 4.79 Å². The second kappa shape index (κ2) is 4.06. The van der Waals surface area contributed by atoms with Crippen LogP contribution in [0.5, 0.6) is 0 Å². The molecular formula is C12H19N3O. The molecule has 2 fully saturated rings. The minimum absolute atomic E-state index is 0.0674. The molecule has 1 atom stereocenters. The molecule has 0 aromatic heterocycles. The van der Waals surface area contributed by atoms with E-state index in [1.165, 1.54) is 0 Å². The Hall–Kier alpha value is -1.08. The predicted molar refractivity (Wildman–Crippen MR) is 60.6 cm³/mol. The summed E-state index contributed by atoms with van der Waals surface area (Å²) in [6.07, 6.45) is 2.51. The molecule has 0 N–H and O–H groups in total. The Morgan fingerprint density at radius 1 is 1.44 bits per heavy atom. The van der Waals surface area contributed by atoms with Crippen molar-refractivity contribution in [2.45, 2.75) is 32.2 Å². The van der Waals surface area contributed by atoms with Gasteiger partial charge < -0.3 is 9.80 Å². The SMILES string of the molecule is CC1CN(C)CCCN1C(=O)C1(C#N)CC1. The zero-order chi connectivity index (χ0) is 11.8. The van der Waals surface area contributed by atoms with E-state index >= 15 is 0 Å². The molecule has 88 valence electrons. The maximum Gasteiger partial charge on any atom is 0.243 e. The lowest BCUT2D eigenvalue weighted by molar-refractivity contribution is -0.136. The molecule has 4 heteroatoms. The lowest BCUT2D eigenvalue weighted by Gasteiger charge is -2.29. The van der Waals surface area contributed by atoms with E-state index in [0.717, 1.165) is 38.9 Å². The summed E-state index contributed by atoms with van der Waals surface area (Å²) in [5, 5.41) is 9.06.